The fourth-order valence-electron chi connectivity index (χ4n) is 4.13. The molecule has 2 heterocycles. The van der Waals surface area contributed by atoms with Crippen molar-refractivity contribution in [2.24, 2.45) is 0 Å². The summed E-state index contributed by atoms with van der Waals surface area (Å²) >= 11 is 0. The van der Waals surface area contributed by atoms with Gasteiger partial charge in [-0.3, -0.25) is 9.59 Å². The number of carbonyl (C=O) groups excluding carboxylic acids is 2. The maximum Gasteiger partial charge on any atom is 0.223 e. The van der Waals surface area contributed by atoms with E-state index in [2.05, 4.69) is 22.4 Å². The zero-order chi connectivity index (χ0) is 17.2. The molecule has 1 aliphatic carbocycles. The van der Waals surface area contributed by atoms with Gasteiger partial charge in [0.2, 0.25) is 11.8 Å². The predicted molar refractivity (Wildman–Crippen MR) is 97.1 cm³/mol. The van der Waals surface area contributed by atoms with Gasteiger partial charge in [0, 0.05) is 60.6 Å². The van der Waals surface area contributed by atoms with Crippen LogP contribution in [0.3, 0.4) is 0 Å². The molecule has 0 radical (unpaired) electrons. The molecule has 0 saturated heterocycles. The molecule has 1 aromatic carbocycles. The maximum absolute atomic E-state index is 12.5. The van der Waals surface area contributed by atoms with E-state index >= 15 is 0 Å². The molecule has 0 spiro atoms. The minimum Gasteiger partial charge on any atom is -0.358 e. The third-order valence-corrected chi connectivity index (χ3v) is 5.52. The van der Waals surface area contributed by atoms with E-state index < -0.39 is 0 Å². The Hall–Kier alpha value is -2.30. The largest absolute Gasteiger partial charge is 0.358 e. The van der Waals surface area contributed by atoms with Crippen LogP contribution >= 0.6 is 0 Å². The van der Waals surface area contributed by atoms with Gasteiger partial charge in [-0.15, -0.1) is 0 Å². The topological polar surface area (TPSA) is 65.2 Å². The highest BCUT2D eigenvalue weighted by molar-refractivity contribution is 5.87. The minimum atomic E-state index is 0.0186. The van der Waals surface area contributed by atoms with E-state index in [1.807, 2.05) is 17.0 Å². The number of fused-ring (bicyclic) bond motifs is 3. The molecule has 2 amide bonds. The molecule has 5 nitrogen and oxygen atoms in total. The number of hydrogen-bond donors (Lipinski definition) is 2. The highest BCUT2D eigenvalue weighted by atomic mass is 16.2. The molecule has 0 atom stereocenters. The molecule has 4 rings (SSSR count). The van der Waals surface area contributed by atoms with E-state index in [9.17, 15) is 9.59 Å². The Morgan fingerprint density at radius 2 is 1.96 bits per heavy atom. The molecule has 1 aromatic heterocycles. The highest BCUT2D eigenvalue weighted by Gasteiger charge is 2.24. The number of para-hydroxylation sites is 1. The van der Waals surface area contributed by atoms with Gasteiger partial charge in [0.1, 0.15) is 0 Å². The summed E-state index contributed by atoms with van der Waals surface area (Å²) in [6.07, 6.45) is 6.01. The fraction of sp³-hybridized carbons (Fsp3) is 0.500. The fourth-order valence-corrected chi connectivity index (χ4v) is 4.13. The monoisotopic (exact) mass is 339 g/mol. The Balaban J connectivity index is 1.34. The SMILES string of the molecule is O=C(CCC(=O)N1CCc2[nH]c3ccccc3c2C1)NC1CCCC1. The average Bonchev–Trinajstić information content (AvgIpc) is 3.26. The van der Waals surface area contributed by atoms with Crippen LogP contribution < -0.4 is 5.32 Å². The van der Waals surface area contributed by atoms with E-state index in [-0.39, 0.29) is 11.8 Å². The second-order valence-corrected chi connectivity index (χ2v) is 7.24. The maximum atomic E-state index is 12.5. The first kappa shape index (κ1) is 16.2. The zero-order valence-electron chi connectivity index (χ0n) is 14.5. The number of carbonyl (C=O) groups is 2. The van der Waals surface area contributed by atoms with Gasteiger partial charge >= 0.3 is 0 Å². The first-order chi connectivity index (χ1) is 12.2. The smallest absolute Gasteiger partial charge is 0.223 e. The van der Waals surface area contributed by atoms with Gasteiger partial charge in [0.05, 0.1) is 0 Å². The summed E-state index contributed by atoms with van der Waals surface area (Å²) < 4.78 is 0. The van der Waals surface area contributed by atoms with E-state index in [0.29, 0.717) is 25.4 Å². The van der Waals surface area contributed by atoms with Crippen LogP contribution in [-0.2, 0) is 22.6 Å². The standard InChI is InChI=1S/C20H25N3O2/c24-19(21-14-5-1-2-6-14)9-10-20(25)23-12-11-18-16(13-23)15-7-3-4-8-17(15)22-18/h3-4,7-8,14,22H,1-2,5-6,9-13H2,(H,21,24). The number of aromatic nitrogens is 1. The first-order valence-corrected chi connectivity index (χ1v) is 9.36. The van der Waals surface area contributed by atoms with Crippen LogP contribution in [0.15, 0.2) is 24.3 Å². The minimum absolute atomic E-state index is 0.0186. The Bertz CT molecular complexity index is 789. The van der Waals surface area contributed by atoms with Crippen molar-refractivity contribution in [1.29, 1.82) is 0 Å². The van der Waals surface area contributed by atoms with Crippen LogP contribution in [0.2, 0.25) is 0 Å². The van der Waals surface area contributed by atoms with Crippen LogP contribution in [0.1, 0.15) is 49.8 Å². The summed E-state index contributed by atoms with van der Waals surface area (Å²) in [7, 11) is 0. The van der Waals surface area contributed by atoms with E-state index in [1.165, 1.54) is 29.5 Å². The summed E-state index contributed by atoms with van der Waals surface area (Å²) in [4.78, 5) is 29.9. The lowest BCUT2D eigenvalue weighted by Crippen LogP contribution is -2.37. The summed E-state index contributed by atoms with van der Waals surface area (Å²) in [6.45, 7) is 1.37. The molecule has 1 saturated carbocycles. The van der Waals surface area contributed by atoms with Gasteiger partial charge < -0.3 is 15.2 Å². The number of hydrogen-bond acceptors (Lipinski definition) is 2. The Labute approximate surface area is 147 Å². The number of rotatable bonds is 4. The second kappa shape index (κ2) is 6.90. The lowest BCUT2D eigenvalue weighted by atomic mass is 10.0. The van der Waals surface area contributed by atoms with E-state index in [1.54, 1.807) is 0 Å². The van der Waals surface area contributed by atoms with Crippen LogP contribution in [0.5, 0.6) is 0 Å². The molecule has 1 aliphatic heterocycles. The van der Waals surface area contributed by atoms with Gasteiger partial charge in [-0.2, -0.15) is 0 Å². The number of H-pyrrole nitrogens is 1. The molecule has 5 heteroatoms. The van der Waals surface area contributed by atoms with Gasteiger partial charge in [-0.1, -0.05) is 31.0 Å². The number of nitrogens with one attached hydrogen (secondary N) is 2. The summed E-state index contributed by atoms with van der Waals surface area (Å²) in [6, 6.07) is 8.56. The molecule has 2 N–H and O–H groups in total. The molecule has 1 fully saturated rings. The third kappa shape index (κ3) is 3.41. The van der Waals surface area contributed by atoms with Crippen molar-refractivity contribution >= 4 is 22.7 Å². The zero-order valence-corrected chi connectivity index (χ0v) is 14.5. The van der Waals surface area contributed by atoms with Gasteiger partial charge in [0.25, 0.3) is 0 Å². The molecule has 2 aromatic rings. The van der Waals surface area contributed by atoms with Crippen LogP contribution in [0, 0.1) is 0 Å². The first-order valence-electron chi connectivity index (χ1n) is 9.36. The van der Waals surface area contributed by atoms with Crippen molar-refractivity contribution in [3.63, 3.8) is 0 Å². The van der Waals surface area contributed by atoms with Crippen molar-refractivity contribution in [2.75, 3.05) is 6.54 Å². The third-order valence-electron chi connectivity index (χ3n) is 5.52. The van der Waals surface area contributed by atoms with Crippen molar-refractivity contribution in [3.05, 3.63) is 35.5 Å². The van der Waals surface area contributed by atoms with Crippen LogP contribution in [0.4, 0.5) is 0 Å². The molecule has 25 heavy (non-hydrogen) atoms. The predicted octanol–water partition coefficient (Wildman–Crippen LogP) is 2.89. The summed E-state index contributed by atoms with van der Waals surface area (Å²) in [5.41, 5.74) is 3.60. The van der Waals surface area contributed by atoms with Crippen molar-refractivity contribution in [2.45, 2.75) is 57.5 Å². The van der Waals surface area contributed by atoms with Crippen LogP contribution in [0.25, 0.3) is 10.9 Å². The number of nitrogens with zero attached hydrogens (tertiary/aromatic N) is 1. The Kier molecular flexibility index (Phi) is 4.47. The van der Waals surface area contributed by atoms with Crippen molar-refractivity contribution in [3.8, 4) is 0 Å². The summed E-state index contributed by atoms with van der Waals surface area (Å²) in [5.74, 6) is 0.0996. The van der Waals surface area contributed by atoms with E-state index in [0.717, 1.165) is 31.3 Å². The Morgan fingerprint density at radius 1 is 1.16 bits per heavy atom. The molecule has 0 bridgehead atoms. The number of aromatic amines is 1. The summed E-state index contributed by atoms with van der Waals surface area (Å²) in [5, 5.41) is 4.26. The highest BCUT2D eigenvalue weighted by Crippen LogP contribution is 2.27. The normalized spacial score (nSPS) is 17.7. The molecule has 0 unspecified atom stereocenters. The number of amides is 2. The average molecular weight is 339 g/mol. The van der Waals surface area contributed by atoms with Crippen LogP contribution in [-0.4, -0.2) is 34.3 Å². The molecular weight excluding hydrogens is 314 g/mol. The quantitative estimate of drug-likeness (QED) is 0.899. The lowest BCUT2D eigenvalue weighted by Gasteiger charge is -2.27. The van der Waals surface area contributed by atoms with E-state index in [4.69, 9.17) is 0 Å². The molecular formula is C20H25N3O2. The van der Waals surface area contributed by atoms with Crippen molar-refractivity contribution in [1.82, 2.24) is 15.2 Å². The van der Waals surface area contributed by atoms with Gasteiger partial charge in [0.15, 0.2) is 0 Å². The van der Waals surface area contributed by atoms with Crippen molar-refractivity contribution < 1.29 is 9.59 Å². The lowest BCUT2D eigenvalue weighted by molar-refractivity contribution is -0.134. The molecule has 132 valence electrons. The number of benzene rings is 1. The molecule has 2 aliphatic rings. The second-order valence-electron chi connectivity index (χ2n) is 7.24. The van der Waals surface area contributed by atoms with Gasteiger partial charge in [-0.05, 0) is 18.9 Å². The van der Waals surface area contributed by atoms with Gasteiger partial charge in [-0.25, -0.2) is 0 Å². The Morgan fingerprint density at radius 3 is 2.80 bits per heavy atom.